The predicted octanol–water partition coefficient (Wildman–Crippen LogP) is 5.24. The molecule has 31 heavy (non-hydrogen) atoms. The Morgan fingerprint density at radius 1 is 1.00 bits per heavy atom. The van der Waals surface area contributed by atoms with Crippen LogP contribution in [0.1, 0.15) is 23.2 Å². The molecule has 1 fully saturated rings. The van der Waals surface area contributed by atoms with Gasteiger partial charge in [-0.15, -0.1) is 0 Å². The maximum absolute atomic E-state index is 12.7. The summed E-state index contributed by atoms with van der Waals surface area (Å²) in [4.78, 5) is 17.0. The smallest absolute Gasteiger partial charge is 0.255 e. The fourth-order valence-electron chi connectivity index (χ4n) is 3.41. The van der Waals surface area contributed by atoms with Crippen LogP contribution in [-0.2, 0) is 10.0 Å². The van der Waals surface area contributed by atoms with Gasteiger partial charge in [-0.1, -0.05) is 23.2 Å². The molecule has 0 radical (unpaired) electrons. The zero-order valence-corrected chi connectivity index (χ0v) is 18.7. The van der Waals surface area contributed by atoms with E-state index in [1.54, 1.807) is 60.8 Å². The highest BCUT2D eigenvalue weighted by Gasteiger charge is 2.26. The number of hydrogen-bond donors (Lipinski definition) is 1. The second-order valence-electron chi connectivity index (χ2n) is 7.15. The van der Waals surface area contributed by atoms with Gasteiger partial charge in [0.15, 0.2) is 0 Å². The van der Waals surface area contributed by atoms with Crippen molar-refractivity contribution in [1.29, 1.82) is 0 Å². The first-order valence-electron chi connectivity index (χ1n) is 9.67. The average molecular weight is 476 g/mol. The Labute approximate surface area is 190 Å². The predicted molar refractivity (Wildman–Crippen MR) is 124 cm³/mol. The van der Waals surface area contributed by atoms with Crippen LogP contribution in [0.3, 0.4) is 0 Å². The second-order valence-corrected chi connectivity index (χ2v) is 10.0. The zero-order chi connectivity index (χ0) is 22.0. The van der Waals surface area contributed by atoms with Crippen LogP contribution in [0.5, 0.6) is 0 Å². The Balaban J connectivity index is 1.53. The summed E-state index contributed by atoms with van der Waals surface area (Å²) in [6.07, 6.45) is 3.08. The van der Waals surface area contributed by atoms with Gasteiger partial charge < -0.3 is 5.32 Å². The Morgan fingerprint density at radius 3 is 2.48 bits per heavy atom. The van der Waals surface area contributed by atoms with Crippen LogP contribution >= 0.6 is 23.2 Å². The van der Waals surface area contributed by atoms with Crippen molar-refractivity contribution in [2.45, 2.75) is 12.8 Å². The number of rotatable bonds is 4. The molecule has 6 nitrogen and oxygen atoms in total. The van der Waals surface area contributed by atoms with Gasteiger partial charge in [0.25, 0.3) is 5.91 Å². The third-order valence-electron chi connectivity index (χ3n) is 4.99. The highest BCUT2D eigenvalue weighted by Crippen LogP contribution is 2.31. The molecule has 0 saturated carbocycles. The van der Waals surface area contributed by atoms with Crippen LogP contribution < -0.4 is 9.62 Å². The van der Waals surface area contributed by atoms with Crippen molar-refractivity contribution in [1.82, 2.24) is 4.98 Å². The Hall–Kier alpha value is -2.61. The molecule has 1 amide bonds. The molecule has 2 heterocycles. The molecule has 0 unspecified atom stereocenters. The number of carbonyl (C=O) groups excluding carboxylic acids is 1. The van der Waals surface area contributed by atoms with E-state index >= 15 is 0 Å². The number of nitrogens with zero attached hydrogens (tertiary/aromatic N) is 2. The molecule has 3 aromatic rings. The second kappa shape index (κ2) is 8.86. The van der Waals surface area contributed by atoms with Gasteiger partial charge in [-0.2, -0.15) is 0 Å². The topological polar surface area (TPSA) is 79.4 Å². The lowest BCUT2D eigenvalue weighted by atomic mass is 10.1. The summed E-state index contributed by atoms with van der Waals surface area (Å²) >= 11 is 12.3. The lowest BCUT2D eigenvalue weighted by Gasteiger charge is -2.28. The Morgan fingerprint density at radius 2 is 1.77 bits per heavy atom. The molecule has 1 aliphatic heterocycles. The SMILES string of the molecule is O=C(Nc1ccc(Cl)c(-c2cc(Cl)ccn2)c1)c1ccc(N2CCCCS2(=O)=O)cc1. The Kier molecular flexibility index (Phi) is 6.18. The van der Waals surface area contributed by atoms with E-state index in [1.165, 1.54) is 4.31 Å². The molecule has 9 heteroatoms. The molecule has 160 valence electrons. The van der Waals surface area contributed by atoms with Crippen LogP contribution in [0.25, 0.3) is 11.3 Å². The summed E-state index contributed by atoms with van der Waals surface area (Å²) in [5, 5.41) is 3.85. The van der Waals surface area contributed by atoms with Crippen molar-refractivity contribution < 1.29 is 13.2 Å². The lowest BCUT2D eigenvalue weighted by molar-refractivity contribution is 0.102. The summed E-state index contributed by atoms with van der Waals surface area (Å²) in [7, 11) is -3.29. The summed E-state index contributed by atoms with van der Waals surface area (Å²) in [5.74, 6) is -0.171. The number of hydrogen-bond acceptors (Lipinski definition) is 4. The van der Waals surface area contributed by atoms with Gasteiger partial charge in [-0.25, -0.2) is 8.42 Å². The minimum absolute atomic E-state index is 0.148. The molecule has 0 atom stereocenters. The van der Waals surface area contributed by atoms with Crippen LogP contribution in [0, 0.1) is 0 Å². The number of carbonyl (C=O) groups is 1. The van der Waals surface area contributed by atoms with Crippen molar-refractivity contribution in [3.63, 3.8) is 0 Å². The van der Waals surface area contributed by atoms with Crippen molar-refractivity contribution in [3.05, 3.63) is 76.4 Å². The number of amides is 1. The number of nitrogens with one attached hydrogen (secondary N) is 1. The fraction of sp³-hybridized carbons (Fsp3) is 0.182. The van der Waals surface area contributed by atoms with E-state index in [2.05, 4.69) is 10.3 Å². The number of anilines is 2. The lowest BCUT2D eigenvalue weighted by Crippen LogP contribution is -2.37. The molecule has 1 saturated heterocycles. The molecule has 1 N–H and O–H groups in total. The first kappa shape index (κ1) is 21.6. The van der Waals surface area contributed by atoms with Crippen molar-refractivity contribution in [2.24, 2.45) is 0 Å². The average Bonchev–Trinajstić information content (AvgIpc) is 2.75. The number of sulfonamides is 1. The van der Waals surface area contributed by atoms with Crippen LogP contribution in [0.2, 0.25) is 10.0 Å². The summed E-state index contributed by atoms with van der Waals surface area (Å²) in [6, 6.07) is 15.0. The molecule has 1 aliphatic rings. The maximum atomic E-state index is 12.7. The monoisotopic (exact) mass is 475 g/mol. The van der Waals surface area contributed by atoms with Gasteiger partial charge in [0.05, 0.1) is 22.2 Å². The number of pyridine rings is 1. The summed E-state index contributed by atoms with van der Waals surface area (Å²) < 4.78 is 25.9. The fourth-order valence-corrected chi connectivity index (χ4v) is 5.43. The van der Waals surface area contributed by atoms with E-state index in [1.807, 2.05) is 0 Å². The van der Waals surface area contributed by atoms with Crippen molar-refractivity contribution in [3.8, 4) is 11.3 Å². The van der Waals surface area contributed by atoms with E-state index in [-0.39, 0.29) is 11.7 Å². The number of aromatic nitrogens is 1. The molecule has 0 spiro atoms. The molecule has 2 aromatic carbocycles. The third kappa shape index (κ3) is 4.84. The third-order valence-corrected chi connectivity index (χ3v) is 7.42. The van der Waals surface area contributed by atoms with Gasteiger partial charge >= 0.3 is 0 Å². The van der Waals surface area contributed by atoms with Gasteiger partial charge in [0.2, 0.25) is 10.0 Å². The van der Waals surface area contributed by atoms with Crippen LogP contribution in [0.4, 0.5) is 11.4 Å². The van der Waals surface area contributed by atoms with Gasteiger partial charge in [-0.05, 0) is 67.4 Å². The molecular formula is C22H19Cl2N3O3S. The minimum Gasteiger partial charge on any atom is -0.322 e. The summed E-state index contributed by atoms with van der Waals surface area (Å²) in [5.41, 5.74) is 2.77. The maximum Gasteiger partial charge on any atom is 0.255 e. The molecular weight excluding hydrogens is 457 g/mol. The summed E-state index contributed by atoms with van der Waals surface area (Å²) in [6.45, 7) is 0.457. The molecule has 0 aliphatic carbocycles. The van der Waals surface area contributed by atoms with Gasteiger partial charge in [0, 0.05) is 34.6 Å². The van der Waals surface area contributed by atoms with Gasteiger partial charge in [0.1, 0.15) is 0 Å². The van der Waals surface area contributed by atoms with Crippen LogP contribution in [0.15, 0.2) is 60.8 Å². The quantitative estimate of drug-likeness (QED) is 0.559. The highest BCUT2D eigenvalue weighted by molar-refractivity contribution is 7.92. The van der Waals surface area contributed by atoms with Crippen molar-refractivity contribution >= 4 is 50.5 Å². The first-order valence-corrected chi connectivity index (χ1v) is 12.0. The highest BCUT2D eigenvalue weighted by atomic mass is 35.5. The zero-order valence-electron chi connectivity index (χ0n) is 16.4. The number of benzene rings is 2. The standard InChI is InChI=1S/C22H19Cl2N3O3S/c23-16-9-10-25-21(13-16)19-14-17(5-8-20(19)24)26-22(28)15-3-6-18(7-4-15)27-11-1-2-12-31(27,29)30/h3-10,13-14H,1-2,11-12H2,(H,26,28). The minimum atomic E-state index is -3.29. The van der Waals surface area contributed by atoms with Crippen LogP contribution in [-0.4, -0.2) is 31.6 Å². The van der Waals surface area contributed by atoms with Crippen molar-refractivity contribution in [2.75, 3.05) is 21.9 Å². The van der Waals surface area contributed by atoms with E-state index in [0.717, 1.165) is 6.42 Å². The Bertz CT molecular complexity index is 1230. The normalized spacial score (nSPS) is 15.5. The molecule has 0 bridgehead atoms. The number of halogens is 2. The molecule has 1 aromatic heterocycles. The van der Waals surface area contributed by atoms with E-state index in [4.69, 9.17) is 23.2 Å². The van der Waals surface area contributed by atoms with E-state index < -0.39 is 10.0 Å². The van der Waals surface area contributed by atoms with E-state index in [0.29, 0.717) is 51.2 Å². The molecule has 4 rings (SSSR count). The largest absolute Gasteiger partial charge is 0.322 e. The van der Waals surface area contributed by atoms with E-state index in [9.17, 15) is 13.2 Å². The van der Waals surface area contributed by atoms with Gasteiger partial charge in [-0.3, -0.25) is 14.1 Å². The first-order chi connectivity index (χ1) is 14.8.